The van der Waals surface area contributed by atoms with Gasteiger partial charge in [-0.3, -0.25) is 24.1 Å². The second-order valence-corrected chi connectivity index (χ2v) is 8.93. The van der Waals surface area contributed by atoms with Gasteiger partial charge < -0.3 is 5.32 Å². The number of nitrogens with zero attached hydrogens (tertiary/aromatic N) is 2. The lowest BCUT2D eigenvalue weighted by Crippen LogP contribution is -2.54. The highest BCUT2D eigenvalue weighted by molar-refractivity contribution is 6.26. The fourth-order valence-electron chi connectivity index (χ4n) is 6.27. The number of carbonyl (C=O) groups is 4. The first-order valence-electron chi connectivity index (χ1n) is 10.7. The average molecular weight is 433 g/mol. The zero-order valence-corrected chi connectivity index (χ0v) is 17.3. The van der Waals surface area contributed by atoms with Gasteiger partial charge in [0.1, 0.15) is 11.4 Å². The second kappa shape index (κ2) is 6.32. The highest BCUT2D eigenvalue weighted by Crippen LogP contribution is 2.60. The Morgan fingerprint density at radius 2 is 1.84 bits per heavy atom. The van der Waals surface area contributed by atoms with Crippen LogP contribution in [0.5, 0.6) is 0 Å². The van der Waals surface area contributed by atoms with Gasteiger partial charge in [-0.15, -0.1) is 0 Å². The minimum atomic E-state index is -1.40. The Morgan fingerprint density at radius 1 is 1.09 bits per heavy atom. The summed E-state index contributed by atoms with van der Waals surface area (Å²) in [7, 11) is 0. The summed E-state index contributed by atoms with van der Waals surface area (Å²) >= 11 is 0. The van der Waals surface area contributed by atoms with Crippen molar-refractivity contribution in [2.75, 3.05) is 16.8 Å². The molecule has 0 aromatic heterocycles. The molecule has 4 heterocycles. The third-order valence-corrected chi connectivity index (χ3v) is 7.49. The van der Waals surface area contributed by atoms with Crippen LogP contribution in [0.2, 0.25) is 0 Å². The van der Waals surface area contributed by atoms with Crippen molar-refractivity contribution in [3.8, 4) is 0 Å². The first-order valence-corrected chi connectivity index (χ1v) is 10.7. The van der Waals surface area contributed by atoms with Crippen molar-refractivity contribution in [3.63, 3.8) is 0 Å². The fraction of sp³-hybridized carbons (Fsp3) is 0.333. The molecule has 32 heavy (non-hydrogen) atoms. The lowest BCUT2D eigenvalue weighted by Gasteiger charge is -2.36. The summed E-state index contributed by atoms with van der Waals surface area (Å²) in [6.07, 6.45) is 1.49. The third-order valence-electron chi connectivity index (χ3n) is 7.49. The van der Waals surface area contributed by atoms with E-state index < -0.39 is 29.1 Å². The van der Waals surface area contributed by atoms with Gasteiger partial charge >= 0.3 is 0 Å². The lowest BCUT2D eigenvalue weighted by atomic mass is 9.75. The van der Waals surface area contributed by atoms with Crippen molar-refractivity contribution < 1.29 is 23.6 Å². The topological polar surface area (TPSA) is 86.8 Å². The molecular weight excluding hydrogens is 413 g/mol. The SMILES string of the molecule is CC(=O)c1ccc(N2C(=O)C3C4CCCN4C4(C(=O)Nc5ccc(F)cc54)C3C2=O)cc1. The van der Waals surface area contributed by atoms with Crippen LogP contribution in [0.4, 0.5) is 15.8 Å². The fourth-order valence-corrected chi connectivity index (χ4v) is 6.27. The molecular formula is C24H20FN3O4. The lowest BCUT2D eigenvalue weighted by molar-refractivity contribution is -0.135. The van der Waals surface area contributed by atoms with Crippen LogP contribution in [0.3, 0.4) is 0 Å². The number of fused-ring (bicyclic) bond motifs is 7. The number of halogens is 1. The Hall–Kier alpha value is -3.39. The number of nitrogens with one attached hydrogen (secondary N) is 1. The van der Waals surface area contributed by atoms with Crippen LogP contribution in [0.15, 0.2) is 42.5 Å². The van der Waals surface area contributed by atoms with E-state index in [0.717, 1.165) is 11.3 Å². The number of ketones is 1. The summed E-state index contributed by atoms with van der Waals surface area (Å²) in [4.78, 5) is 55.6. The first kappa shape index (κ1) is 19.3. The van der Waals surface area contributed by atoms with Gasteiger partial charge in [-0.2, -0.15) is 0 Å². The van der Waals surface area contributed by atoms with Gasteiger partial charge in [0.15, 0.2) is 5.78 Å². The van der Waals surface area contributed by atoms with Crippen LogP contribution in [0.25, 0.3) is 0 Å². The number of rotatable bonds is 2. The van der Waals surface area contributed by atoms with Crippen LogP contribution in [0, 0.1) is 17.7 Å². The summed E-state index contributed by atoms with van der Waals surface area (Å²) in [5.41, 5.74) is 0.358. The maximum Gasteiger partial charge on any atom is 0.250 e. The van der Waals surface area contributed by atoms with Gasteiger partial charge in [0.25, 0.3) is 0 Å². The van der Waals surface area contributed by atoms with Gasteiger partial charge in [0.05, 0.1) is 17.5 Å². The van der Waals surface area contributed by atoms with Crippen molar-refractivity contribution in [1.82, 2.24) is 4.90 Å². The number of amides is 3. The van der Waals surface area contributed by atoms with E-state index in [1.807, 2.05) is 4.90 Å². The van der Waals surface area contributed by atoms with Crippen LogP contribution in [-0.2, 0) is 19.9 Å². The molecule has 0 bridgehead atoms. The molecule has 1 N–H and O–H groups in total. The molecule has 8 heteroatoms. The maximum atomic E-state index is 14.3. The molecule has 2 aromatic rings. The summed E-state index contributed by atoms with van der Waals surface area (Å²) in [5.74, 6) is -3.42. The molecule has 6 rings (SSSR count). The van der Waals surface area contributed by atoms with Crippen molar-refractivity contribution in [2.45, 2.75) is 31.3 Å². The smallest absolute Gasteiger partial charge is 0.250 e. The Morgan fingerprint density at radius 3 is 2.56 bits per heavy atom. The Bertz CT molecular complexity index is 1230. The average Bonchev–Trinajstić information content (AvgIpc) is 3.47. The number of hydrogen-bond donors (Lipinski definition) is 1. The van der Waals surface area contributed by atoms with E-state index >= 15 is 0 Å². The van der Waals surface area contributed by atoms with Crippen LogP contribution in [0.1, 0.15) is 35.7 Å². The molecule has 162 valence electrons. The number of Topliss-reactive ketones (excluding diaryl/α,β-unsaturated/α-hetero) is 1. The maximum absolute atomic E-state index is 14.3. The largest absolute Gasteiger partial charge is 0.324 e. The van der Waals surface area contributed by atoms with E-state index in [1.54, 1.807) is 24.3 Å². The first-order chi connectivity index (χ1) is 15.4. The van der Waals surface area contributed by atoms with E-state index in [1.165, 1.54) is 25.1 Å². The predicted octanol–water partition coefficient (Wildman–Crippen LogP) is 2.46. The summed E-state index contributed by atoms with van der Waals surface area (Å²) < 4.78 is 14.3. The highest BCUT2D eigenvalue weighted by atomic mass is 19.1. The minimum Gasteiger partial charge on any atom is -0.324 e. The molecule has 0 saturated carbocycles. The number of benzene rings is 2. The molecule has 4 unspecified atom stereocenters. The summed E-state index contributed by atoms with van der Waals surface area (Å²) in [6.45, 7) is 2.01. The Kier molecular flexibility index (Phi) is 3.81. The molecule has 7 nitrogen and oxygen atoms in total. The molecule has 2 aromatic carbocycles. The predicted molar refractivity (Wildman–Crippen MR) is 112 cm³/mol. The van der Waals surface area contributed by atoms with Gasteiger partial charge in [-0.1, -0.05) is 0 Å². The van der Waals surface area contributed by atoms with Crippen LogP contribution in [-0.4, -0.2) is 41.0 Å². The normalized spacial score (nSPS) is 30.6. The van der Waals surface area contributed by atoms with Gasteiger partial charge in [-0.05, 0) is 68.8 Å². The van der Waals surface area contributed by atoms with Gasteiger partial charge in [-0.25, -0.2) is 9.29 Å². The second-order valence-electron chi connectivity index (χ2n) is 8.93. The summed E-state index contributed by atoms with van der Waals surface area (Å²) in [5, 5.41) is 2.83. The molecule has 0 radical (unpaired) electrons. The quantitative estimate of drug-likeness (QED) is 0.581. The molecule has 3 fully saturated rings. The molecule has 1 spiro atoms. The van der Waals surface area contributed by atoms with E-state index in [9.17, 15) is 23.6 Å². The zero-order chi connectivity index (χ0) is 22.4. The van der Waals surface area contributed by atoms with Gasteiger partial charge in [0, 0.05) is 22.9 Å². The Labute approximate surface area is 183 Å². The summed E-state index contributed by atoms with van der Waals surface area (Å²) in [6, 6.07) is 10.1. The van der Waals surface area contributed by atoms with Crippen molar-refractivity contribution in [2.24, 2.45) is 11.8 Å². The van der Waals surface area contributed by atoms with Crippen LogP contribution >= 0.6 is 0 Å². The molecule has 4 atom stereocenters. The molecule has 4 aliphatic rings. The van der Waals surface area contributed by atoms with Crippen molar-refractivity contribution in [3.05, 3.63) is 59.4 Å². The zero-order valence-electron chi connectivity index (χ0n) is 17.3. The standard InChI is InChI=1S/C24H20FN3O4/c1-12(29)13-4-7-15(8-5-13)28-21(30)19-18-3-2-10-27(18)24(20(19)22(28)31)16-11-14(25)6-9-17(16)26-23(24)32/h4-9,11,18-20H,2-3,10H2,1H3,(H,26,32). The van der Waals surface area contributed by atoms with Gasteiger partial charge in [0.2, 0.25) is 17.7 Å². The molecule has 4 aliphatic heterocycles. The van der Waals surface area contributed by atoms with Crippen LogP contribution < -0.4 is 10.2 Å². The molecule has 0 aliphatic carbocycles. The third kappa shape index (κ3) is 2.17. The Balaban J connectivity index is 1.51. The van der Waals surface area contributed by atoms with E-state index in [0.29, 0.717) is 35.5 Å². The minimum absolute atomic E-state index is 0.116. The number of anilines is 2. The molecule has 3 amide bonds. The number of imide groups is 1. The number of carbonyl (C=O) groups excluding carboxylic acids is 4. The van der Waals surface area contributed by atoms with Crippen molar-refractivity contribution in [1.29, 1.82) is 0 Å². The highest BCUT2D eigenvalue weighted by Gasteiger charge is 2.74. The van der Waals surface area contributed by atoms with Crippen molar-refractivity contribution >= 4 is 34.9 Å². The molecule has 3 saturated heterocycles. The van der Waals surface area contributed by atoms with E-state index in [2.05, 4.69) is 5.32 Å². The van der Waals surface area contributed by atoms with E-state index in [4.69, 9.17) is 0 Å². The monoisotopic (exact) mass is 433 g/mol. The van der Waals surface area contributed by atoms with E-state index in [-0.39, 0.29) is 23.6 Å². The number of hydrogen-bond acceptors (Lipinski definition) is 5.